The van der Waals surface area contributed by atoms with Crippen LogP contribution in [0.3, 0.4) is 0 Å². The number of fused-ring (bicyclic) bond motifs is 2. The first-order valence-corrected chi connectivity index (χ1v) is 15.7. The molecule has 0 bridgehead atoms. The normalized spacial score (nSPS) is 14.6. The molecule has 11 heteroatoms. The van der Waals surface area contributed by atoms with E-state index in [0.29, 0.717) is 37.1 Å². The fourth-order valence-corrected chi connectivity index (χ4v) is 6.52. The second kappa shape index (κ2) is 12.9. The maximum atomic E-state index is 12.1. The molecule has 0 N–H and O–H groups in total. The van der Waals surface area contributed by atoms with Crippen LogP contribution in [0.15, 0.2) is 58.8 Å². The Morgan fingerprint density at radius 3 is 2.31 bits per heavy atom. The molecule has 0 saturated heterocycles. The number of aromatic nitrogens is 2. The van der Waals surface area contributed by atoms with Crippen molar-refractivity contribution in [3.63, 3.8) is 0 Å². The molecule has 3 aromatic rings. The lowest BCUT2D eigenvalue weighted by Crippen LogP contribution is -2.35. The Morgan fingerprint density at radius 1 is 1.00 bits per heavy atom. The number of nitriles is 2. The molecule has 218 valence electrons. The molecular formula is C31H35N7O3S. The van der Waals surface area contributed by atoms with Crippen LogP contribution in [0.5, 0.6) is 0 Å². The van der Waals surface area contributed by atoms with Gasteiger partial charge in [-0.05, 0) is 82.8 Å². The van der Waals surface area contributed by atoms with E-state index in [1.807, 2.05) is 42.5 Å². The second-order valence-corrected chi connectivity index (χ2v) is 11.6. The third kappa shape index (κ3) is 6.17. The minimum Gasteiger partial charge on any atom is -0.861 e. The Morgan fingerprint density at radius 2 is 1.67 bits per heavy atom. The molecule has 0 spiro atoms. The van der Waals surface area contributed by atoms with E-state index in [1.54, 1.807) is 6.07 Å². The number of hydrogen-bond acceptors (Lipinski definition) is 7. The number of anilines is 2. The monoisotopic (exact) mass is 585 g/mol. The lowest BCUT2D eigenvalue weighted by Gasteiger charge is -2.23. The Bertz CT molecular complexity index is 1770. The summed E-state index contributed by atoms with van der Waals surface area (Å²) in [5.41, 5.74) is 5.10. The first-order chi connectivity index (χ1) is 20.2. The SMILES string of the molecule is CCN1/C(=C/C=C/c2n(CCCCS(=O)(=O)/N=C(\C)[O-])c3cc(C#N)ccc3[n+]2CC)N(CC)c2cc(C#N)ccc21. The molecule has 2 aromatic carbocycles. The molecule has 0 radical (unpaired) electrons. The molecule has 2 heterocycles. The van der Waals surface area contributed by atoms with Gasteiger partial charge in [-0.3, -0.25) is 0 Å². The maximum Gasteiger partial charge on any atom is 0.282 e. The predicted molar refractivity (Wildman–Crippen MR) is 163 cm³/mol. The molecule has 0 atom stereocenters. The average Bonchev–Trinajstić information content (AvgIpc) is 3.44. The van der Waals surface area contributed by atoms with E-state index in [9.17, 15) is 24.0 Å². The van der Waals surface area contributed by atoms with Crippen molar-refractivity contribution in [3.8, 4) is 12.1 Å². The Balaban J connectivity index is 1.71. The van der Waals surface area contributed by atoms with Gasteiger partial charge in [-0.15, -0.1) is 0 Å². The van der Waals surface area contributed by atoms with Gasteiger partial charge in [0.1, 0.15) is 5.82 Å². The number of allylic oxidation sites excluding steroid dienone is 2. The lowest BCUT2D eigenvalue weighted by atomic mass is 10.2. The first-order valence-electron chi connectivity index (χ1n) is 14.1. The number of imidazole rings is 1. The van der Waals surface area contributed by atoms with Gasteiger partial charge in [-0.1, -0.05) is 6.08 Å². The van der Waals surface area contributed by atoms with E-state index < -0.39 is 15.9 Å². The third-order valence-corrected chi connectivity index (χ3v) is 8.56. The zero-order chi connectivity index (χ0) is 30.4. The van der Waals surface area contributed by atoms with Crippen molar-refractivity contribution in [2.45, 2.75) is 53.6 Å². The van der Waals surface area contributed by atoms with Crippen molar-refractivity contribution in [1.82, 2.24) is 4.57 Å². The minimum atomic E-state index is -3.80. The molecule has 0 unspecified atom stereocenters. The molecule has 0 aliphatic carbocycles. The summed E-state index contributed by atoms with van der Waals surface area (Å²) in [6, 6.07) is 15.8. The smallest absolute Gasteiger partial charge is 0.282 e. The molecule has 1 aliphatic rings. The summed E-state index contributed by atoms with van der Waals surface area (Å²) in [5.74, 6) is 1.01. The van der Waals surface area contributed by atoms with Crippen LogP contribution in [0.25, 0.3) is 17.1 Å². The summed E-state index contributed by atoms with van der Waals surface area (Å²) in [6.45, 7) is 10.1. The molecule has 10 nitrogen and oxygen atoms in total. The highest BCUT2D eigenvalue weighted by Gasteiger charge is 2.29. The number of rotatable bonds is 11. The highest BCUT2D eigenvalue weighted by atomic mass is 32.2. The van der Waals surface area contributed by atoms with E-state index >= 15 is 0 Å². The summed E-state index contributed by atoms with van der Waals surface area (Å²) in [7, 11) is -3.80. The van der Waals surface area contributed by atoms with Crippen LogP contribution < -0.4 is 19.5 Å². The molecule has 1 aromatic heterocycles. The van der Waals surface area contributed by atoms with Crippen molar-refractivity contribution < 1.29 is 18.1 Å². The average molecular weight is 586 g/mol. The summed E-state index contributed by atoms with van der Waals surface area (Å²) in [5, 5.41) is 30.1. The van der Waals surface area contributed by atoms with Gasteiger partial charge in [0, 0.05) is 25.2 Å². The molecule has 0 amide bonds. The molecule has 1 aliphatic heterocycles. The molecule has 0 fully saturated rings. The van der Waals surface area contributed by atoms with Gasteiger partial charge in [-0.25, -0.2) is 17.6 Å². The van der Waals surface area contributed by atoms with Crippen LogP contribution in [0.4, 0.5) is 11.4 Å². The number of hydrogen-bond donors (Lipinski definition) is 0. The van der Waals surface area contributed by atoms with Gasteiger partial charge in [0.05, 0.1) is 53.5 Å². The second-order valence-electron chi connectivity index (χ2n) is 9.86. The van der Waals surface area contributed by atoms with Crippen molar-refractivity contribution in [2.24, 2.45) is 4.40 Å². The van der Waals surface area contributed by atoms with Gasteiger partial charge in [0.25, 0.3) is 15.8 Å². The number of benzene rings is 2. The van der Waals surface area contributed by atoms with Gasteiger partial charge in [0.2, 0.25) is 0 Å². The fourth-order valence-electron chi connectivity index (χ4n) is 5.47. The van der Waals surface area contributed by atoms with Gasteiger partial charge < -0.3 is 14.9 Å². The number of unbranched alkanes of at least 4 members (excludes halogenated alkanes) is 1. The quantitative estimate of drug-likeness (QED) is 0.145. The highest BCUT2D eigenvalue weighted by molar-refractivity contribution is 7.90. The van der Waals surface area contributed by atoms with Crippen molar-refractivity contribution >= 4 is 44.4 Å². The van der Waals surface area contributed by atoms with E-state index in [2.05, 4.69) is 62.3 Å². The molecular weight excluding hydrogens is 550 g/mol. The summed E-state index contributed by atoms with van der Waals surface area (Å²) >= 11 is 0. The highest BCUT2D eigenvalue weighted by Crippen LogP contribution is 2.41. The first kappa shape index (κ1) is 30.4. The number of nitrogens with zero attached hydrogens (tertiary/aromatic N) is 7. The molecule has 4 rings (SSSR count). The van der Waals surface area contributed by atoms with E-state index in [-0.39, 0.29) is 5.75 Å². The van der Waals surface area contributed by atoms with E-state index in [1.165, 1.54) is 0 Å². The van der Waals surface area contributed by atoms with Crippen molar-refractivity contribution in [2.75, 3.05) is 28.6 Å². The van der Waals surface area contributed by atoms with Gasteiger partial charge in [-0.2, -0.15) is 14.9 Å². The lowest BCUT2D eigenvalue weighted by molar-refractivity contribution is -0.670. The predicted octanol–water partition coefficient (Wildman–Crippen LogP) is 3.80. The molecule has 42 heavy (non-hydrogen) atoms. The van der Waals surface area contributed by atoms with E-state index in [4.69, 9.17) is 0 Å². The van der Waals surface area contributed by atoms with Gasteiger partial charge >= 0.3 is 0 Å². The summed E-state index contributed by atoms with van der Waals surface area (Å²) in [4.78, 5) is 4.42. The summed E-state index contributed by atoms with van der Waals surface area (Å²) < 4.78 is 31.7. The standard InChI is InChI=1S/C31H35N7O3S/c1-5-35-26-15-13-24(21-32)19-28(26)37(7-3)30(35)11-10-12-31-36(6-2)27-16-14-25(22-33)20-29(27)38(31)17-8-9-18-42(40,41)34-23(4)39/h10-16,19-20H,5-9,17-18H2,1-4H3. The Labute approximate surface area is 247 Å². The number of aryl methyl sites for hydroxylation is 2. The summed E-state index contributed by atoms with van der Waals surface area (Å²) in [6.07, 6.45) is 7.00. The largest absolute Gasteiger partial charge is 0.861 e. The van der Waals surface area contributed by atoms with Crippen LogP contribution >= 0.6 is 0 Å². The maximum absolute atomic E-state index is 12.1. The van der Waals surface area contributed by atoms with Crippen LogP contribution in [0, 0.1) is 22.7 Å². The van der Waals surface area contributed by atoms with Gasteiger partial charge in [0.15, 0.2) is 11.0 Å². The fraction of sp³-hybridized carbons (Fsp3) is 0.355. The zero-order valence-corrected chi connectivity index (χ0v) is 25.2. The Kier molecular flexibility index (Phi) is 9.34. The Hall–Kier alpha value is -4.61. The van der Waals surface area contributed by atoms with E-state index in [0.717, 1.165) is 54.1 Å². The van der Waals surface area contributed by atoms with Crippen molar-refractivity contribution in [1.29, 1.82) is 10.5 Å². The van der Waals surface area contributed by atoms with Crippen LogP contribution in [0.1, 0.15) is 57.5 Å². The zero-order valence-electron chi connectivity index (χ0n) is 24.4. The minimum absolute atomic E-state index is 0.200. The van der Waals surface area contributed by atoms with Crippen LogP contribution in [0.2, 0.25) is 0 Å². The van der Waals surface area contributed by atoms with Crippen LogP contribution in [-0.4, -0.2) is 37.7 Å². The third-order valence-electron chi connectivity index (χ3n) is 7.22. The van der Waals surface area contributed by atoms with Crippen LogP contribution in [-0.2, 0) is 23.1 Å². The number of sulfonamides is 1. The molecule has 0 saturated carbocycles. The topological polar surface area (TPSA) is 132 Å². The van der Waals surface area contributed by atoms with Crippen molar-refractivity contribution in [3.05, 3.63) is 71.3 Å².